The summed E-state index contributed by atoms with van der Waals surface area (Å²) in [5, 5.41) is 13.9. The molecule has 0 bridgehead atoms. The van der Waals surface area contributed by atoms with Gasteiger partial charge in [-0.2, -0.15) is 4.40 Å². The zero-order valence-corrected chi connectivity index (χ0v) is 31.7. The van der Waals surface area contributed by atoms with Gasteiger partial charge < -0.3 is 34.5 Å². The summed E-state index contributed by atoms with van der Waals surface area (Å²) in [6.45, 7) is 10.4. The van der Waals surface area contributed by atoms with E-state index >= 15 is 0 Å². The maximum atomic E-state index is 12.9. The third kappa shape index (κ3) is 11.7. The number of hydrogen-bond donors (Lipinski definition) is 5. The van der Waals surface area contributed by atoms with E-state index in [1.807, 2.05) is 27.7 Å². The predicted molar refractivity (Wildman–Crippen MR) is 188 cm³/mol. The second kappa shape index (κ2) is 17.9. The molecule has 3 heterocycles. The van der Waals surface area contributed by atoms with Gasteiger partial charge in [-0.25, -0.2) is 31.1 Å². The van der Waals surface area contributed by atoms with Gasteiger partial charge in [0.2, 0.25) is 0 Å². The molecular weight excluding hydrogens is 737 g/mol. The number of amidine groups is 1. The van der Waals surface area contributed by atoms with Gasteiger partial charge in [0.25, 0.3) is 21.8 Å². The number of nitrogens with zero attached hydrogens (tertiary/aromatic N) is 2. The SMILES string of the molecule is CCN[C@H]1C[C@H](C)S(=O)(=O)c2sc(S(=O)(=O)NC(=O)COC(=O)/C=C\C(=O)O[C@@H](CNC(C)(C)C)COC(=N)C(=NS)N3CCOCC3)cc21. The molecule has 2 aliphatic rings. The van der Waals surface area contributed by atoms with Gasteiger partial charge in [0.05, 0.1) is 18.5 Å². The van der Waals surface area contributed by atoms with E-state index in [1.165, 1.54) is 6.07 Å². The highest BCUT2D eigenvalue weighted by Crippen LogP contribution is 2.42. The monoisotopic (exact) mass is 780 g/mol. The first-order valence-electron chi connectivity index (χ1n) is 15.6. The molecule has 0 aromatic carbocycles. The van der Waals surface area contributed by atoms with Gasteiger partial charge in [-0.3, -0.25) is 10.2 Å². The molecule has 0 aliphatic carbocycles. The Hall–Kier alpha value is -3.08. The van der Waals surface area contributed by atoms with Gasteiger partial charge in [0, 0.05) is 48.9 Å². The number of amides is 1. The number of morpholine rings is 1. The number of carbonyl (C=O) groups is 3. The number of nitrogens with one attached hydrogen (secondary N) is 4. The molecule has 21 heteroatoms. The fraction of sp³-hybridized carbons (Fsp3) is 0.621. The molecule has 280 valence electrons. The summed E-state index contributed by atoms with van der Waals surface area (Å²) in [6.07, 6.45) is 0.821. The Labute approximate surface area is 301 Å². The lowest BCUT2D eigenvalue weighted by Crippen LogP contribution is -2.46. The maximum Gasteiger partial charge on any atom is 0.331 e. The summed E-state index contributed by atoms with van der Waals surface area (Å²) < 4.78 is 77.8. The minimum Gasteiger partial charge on any atom is -0.471 e. The lowest BCUT2D eigenvalue weighted by molar-refractivity contribution is -0.146. The lowest BCUT2D eigenvalue weighted by atomic mass is 10.1. The van der Waals surface area contributed by atoms with E-state index in [0.717, 1.165) is 6.08 Å². The van der Waals surface area contributed by atoms with Crippen molar-refractivity contribution in [1.29, 1.82) is 5.41 Å². The first kappa shape index (κ1) is 41.3. The molecular formula is C29H44N6O11S4. The largest absolute Gasteiger partial charge is 0.471 e. The quantitative estimate of drug-likeness (QED) is 0.0612. The molecule has 0 unspecified atom stereocenters. The average Bonchev–Trinajstić information content (AvgIpc) is 3.52. The molecule has 17 nitrogen and oxygen atoms in total. The van der Waals surface area contributed by atoms with Crippen LogP contribution in [0.2, 0.25) is 0 Å². The van der Waals surface area contributed by atoms with E-state index in [9.17, 15) is 31.2 Å². The van der Waals surface area contributed by atoms with E-state index in [1.54, 1.807) is 16.5 Å². The van der Waals surface area contributed by atoms with Gasteiger partial charge >= 0.3 is 11.9 Å². The molecule has 1 aromatic rings. The Kier molecular flexibility index (Phi) is 14.8. The van der Waals surface area contributed by atoms with E-state index in [2.05, 4.69) is 27.8 Å². The van der Waals surface area contributed by atoms with Crippen molar-refractivity contribution >= 4 is 73.6 Å². The van der Waals surface area contributed by atoms with Gasteiger partial charge in [0.15, 0.2) is 22.3 Å². The van der Waals surface area contributed by atoms with Crippen LogP contribution >= 0.6 is 24.2 Å². The minimum atomic E-state index is -4.50. The number of carbonyl (C=O) groups excluding carboxylic acids is 3. The van der Waals surface area contributed by atoms with Crippen LogP contribution in [0.1, 0.15) is 52.6 Å². The Balaban J connectivity index is 1.55. The topological polar surface area (TPSA) is 232 Å². The molecule has 0 saturated carbocycles. The van der Waals surface area contributed by atoms with Gasteiger partial charge in [0.1, 0.15) is 21.1 Å². The Morgan fingerprint density at radius 2 is 1.86 bits per heavy atom. The molecule has 3 rings (SSSR count). The highest BCUT2D eigenvalue weighted by atomic mass is 32.3. The van der Waals surface area contributed by atoms with E-state index in [-0.39, 0.29) is 51.3 Å². The molecule has 4 N–H and O–H groups in total. The number of thiophene rings is 1. The maximum absolute atomic E-state index is 12.9. The standard InChI is InChI=1S/C29H44N6O11S4/c1-6-31-21-13-18(2)49(39,40)28-20(21)14-25(48-28)50(41,42)34-22(36)17-44-23(37)7-8-24(38)46-19(15-32-29(3,4)5)16-45-26(30)27(33-47)35-9-11-43-12-10-35/h7-8,14,18-19,21,30-32,47H,6,9-13,15-17H2,1-5H3,(H,34,36)/b8-7-,30-26?,33-27?/t18-,19-,21-/m0/s1. The predicted octanol–water partition coefficient (Wildman–Crippen LogP) is 0.738. The van der Waals surface area contributed by atoms with Gasteiger partial charge in [-0.1, -0.05) is 6.92 Å². The van der Waals surface area contributed by atoms with Crippen LogP contribution in [0, 0.1) is 5.41 Å². The van der Waals surface area contributed by atoms with E-state index in [4.69, 9.17) is 24.4 Å². The van der Waals surface area contributed by atoms with Crippen LogP contribution < -0.4 is 15.4 Å². The number of sulfone groups is 1. The normalized spacial score (nSPS) is 20.1. The van der Waals surface area contributed by atoms with Crippen molar-refractivity contribution in [1.82, 2.24) is 20.3 Å². The first-order chi connectivity index (χ1) is 23.4. The molecule has 1 saturated heterocycles. The van der Waals surface area contributed by atoms with Crippen LogP contribution in [0.5, 0.6) is 0 Å². The third-order valence-corrected chi connectivity index (χ3v) is 13.2. The smallest absolute Gasteiger partial charge is 0.331 e. The van der Waals surface area contributed by atoms with Crippen LogP contribution in [-0.4, -0.2) is 121 Å². The first-order valence-corrected chi connectivity index (χ1v) is 19.9. The van der Waals surface area contributed by atoms with E-state index < -0.39 is 55.7 Å². The number of ether oxygens (including phenoxy) is 4. The van der Waals surface area contributed by atoms with Crippen LogP contribution in [0.3, 0.4) is 0 Å². The van der Waals surface area contributed by atoms with Crippen molar-refractivity contribution in [3.05, 3.63) is 23.8 Å². The fourth-order valence-corrected chi connectivity index (χ4v) is 9.93. The lowest BCUT2D eigenvalue weighted by Gasteiger charge is -2.30. The van der Waals surface area contributed by atoms with E-state index in [0.29, 0.717) is 55.8 Å². The van der Waals surface area contributed by atoms with Crippen molar-refractivity contribution in [2.75, 3.05) is 52.6 Å². The summed E-state index contributed by atoms with van der Waals surface area (Å²) in [7, 11) is -8.25. The van der Waals surface area contributed by atoms with Crippen molar-refractivity contribution in [3.8, 4) is 0 Å². The molecule has 1 amide bonds. The van der Waals surface area contributed by atoms with Crippen molar-refractivity contribution in [3.63, 3.8) is 0 Å². The summed E-state index contributed by atoms with van der Waals surface area (Å²) in [4.78, 5) is 38.9. The number of thiol groups is 1. The second-order valence-electron chi connectivity index (χ2n) is 12.3. The van der Waals surface area contributed by atoms with Crippen LogP contribution in [0.15, 0.2) is 31.0 Å². The number of sulfonamides is 1. The zero-order chi connectivity index (χ0) is 37.3. The van der Waals surface area contributed by atoms with Crippen LogP contribution in [0.25, 0.3) is 0 Å². The molecule has 1 aromatic heterocycles. The fourth-order valence-electron chi connectivity index (χ4n) is 4.75. The molecule has 3 atom stereocenters. The molecule has 0 spiro atoms. The highest BCUT2D eigenvalue weighted by Gasteiger charge is 2.39. The highest BCUT2D eigenvalue weighted by molar-refractivity contribution is 7.95. The number of fused-ring (bicyclic) bond motifs is 1. The number of rotatable bonds is 13. The van der Waals surface area contributed by atoms with Crippen LogP contribution in [-0.2, 0) is 53.2 Å². The zero-order valence-electron chi connectivity index (χ0n) is 28.4. The molecule has 50 heavy (non-hydrogen) atoms. The average molecular weight is 781 g/mol. The minimum absolute atomic E-state index is 0.0797. The van der Waals surface area contributed by atoms with Crippen molar-refractivity contribution in [2.45, 2.75) is 72.4 Å². The van der Waals surface area contributed by atoms with Crippen LogP contribution in [0.4, 0.5) is 0 Å². The third-order valence-electron chi connectivity index (χ3n) is 7.26. The molecule has 2 aliphatic heterocycles. The van der Waals surface area contributed by atoms with Crippen molar-refractivity contribution < 1.29 is 50.2 Å². The molecule has 0 radical (unpaired) electrons. The summed E-state index contributed by atoms with van der Waals surface area (Å²) in [5.41, 5.74) is -0.0395. The number of hydrogen-bond acceptors (Lipinski definition) is 17. The summed E-state index contributed by atoms with van der Waals surface area (Å²) >= 11 is 4.49. The van der Waals surface area contributed by atoms with Crippen molar-refractivity contribution in [2.24, 2.45) is 4.40 Å². The number of esters is 2. The Bertz CT molecular complexity index is 1680. The molecule has 1 fully saturated rings. The summed E-state index contributed by atoms with van der Waals surface area (Å²) in [5.74, 6) is -3.39. The summed E-state index contributed by atoms with van der Waals surface area (Å²) in [6, 6.07) is 0.845. The van der Waals surface area contributed by atoms with Gasteiger partial charge in [-0.05, 0) is 59.5 Å². The Morgan fingerprint density at radius 3 is 2.48 bits per heavy atom. The van der Waals surface area contributed by atoms with Gasteiger partial charge in [-0.15, -0.1) is 11.3 Å². The second-order valence-corrected chi connectivity index (χ2v) is 18.1. The Morgan fingerprint density at radius 1 is 1.20 bits per heavy atom.